The molecule has 1 amide bonds. The summed E-state index contributed by atoms with van der Waals surface area (Å²) in [6.45, 7) is 0.666. The maximum absolute atomic E-state index is 12.6. The second kappa shape index (κ2) is 7.28. The molecule has 4 nitrogen and oxygen atoms in total. The number of hydrogen-bond acceptors (Lipinski definition) is 2. The third kappa shape index (κ3) is 3.54. The number of rotatable bonds is 6. The van der Waals surface area contributed by atoms with E-state index in [1.165, 1.54) is 12.0 Å². The maximum atomic E-state index is 12.6. The van der Waals surface area contributed by atoms with E-state index in [-0.39, 0.29) is 11.3 Å². The highest BCUT2D eigenvalue weighted by Crippen LogP contribution is 2.43. The van der Waals surface area contributed by atoms with Crippen LogP contribution in [0, 0.1) is 0 Å². The Kier molecular flexibility index (Phi) is 4.83. The van der Waals surface area contributed by atoms with Crippen LogP contribution in [0.4, 0.5) is 0 Å². The summed E-state index contributed by atoms with van der Waals surface area (Å²) in [6.07, 6.45) is 5.64. The smallest absolute Gasteiger partial charge is 0.224 e. The van der Waals surface area contributed by atoms with Crippen LogP contribution < -0.4 is 10.1 Å². The molecule has 4 rings (SSSR count). The van der Waals surface area contributed by atoms with E-state index in [4.69, 9.17) is 16.3 Å². The third-order valence-corrected chi connectivity index (χ3v) is 5.97. The first-order valence-electron chi connectivity index (χ1n) is 9.26. The first-order chi connectivity index (χ1) is 13.1. The number of aromatic nitrogens is 1. The molecule has 1 aliphatic carbocycles. The molecule has 0 unspecified atom stereocenters. The van der Waals surface area contributed by atoms with Gasteiger partial charge in [0.2, 0.25) is 5.91 Å². The summed E-state index contributed by atoms with van der Waals surface area (Å²) in [5.41, 5.74) is 3.30. The van der Waals surface area contributed by atoms with Crippen molar-refractivity contribution in [3.63, 3.8) is 0 Å². The first-order valence-corrected chi connectivity index (χ1v) is 9.64. The number of carbonyl (C=O) groups is 1. The largest absolute Gasteiger partial charge is 0.497 e. The molecule has 3 aromatic rings. The highest BCUT2D eigenvalue weighted by atomic mass is 35.5. The zero-order valence-corrected chi connectivity index (χ0v) is 16.1. The van der Waals surface area contributed by atoms with Gasteiger partial charge in [0, 0.05) is 34.1 Å². The predicted octanol–water partition coefficient (Wildman–Crippen LogP) is 4.61. The van der Waals surface area contributed by atoms with Gasteiger partial charge >= 0.3 is 0 Å². The van der Waals surface area contributed by atoms with Crippen LogP contribution in [-0.2, 0) is 16.6 Å². The summed E-state index contributed by atoms with van der Waals surface area (Å²) in [4.78, 5) is 15.8. The minimum absolute atomic E-state index is 0.0407. The molecule has 1 aliphatic rings. The highest BCUT2D eigenvalue weighted by Gasteiger charge is 2.38. The van der Waals surface area contributed by atoms with E-state index >= 15 is 0 Å². The molecule has 27 heavy (non-hydrogen) atoms. The van der Waals surface area contributed by atoms with Gasteiger partial charge in [0.15, 0.2) is 0 Å². The van der Waals surface area contributed by atoms with E-state index in [1.807, 2.05) is 36.5 Å². The van der Waals surface area contributed by atoms with Crippen LogP contribution in [0.1, 0.15) is 30.4 Å². The van der Waals surface area contributed by atoms with Crippen LogP contribution >= 0.6 is 11.6 Å². The Bertz CT molecular complexity index is 958. The van der Waals surface area contributed by atoms with Gasteiger partial charge in [-0.15, -0.1) is 0 Å². The molecule has 0 saturated heterocycles. The molecule has 0 spiro atoms. The lowest BCUT2D eigenvalue weighted by Crippen LogP contribution is -2.45. The Hall–Kier alpha value is -2.46. The zero-order valence-electron chi connectivity index (χ0n) is 15.3. The lowest BCUT2D eigenvalue weighted by atomic mass is 9.64. The van der Waals surface area contributed by atoms with Crippen molar-refractivity contribution in [2.75, 3.05) is 13.7 Å². The topological polar surface area (TPSA) is 54.1 Å². The quantitative estimate of drug-likeness (QED) is 0.654. The number of ether oxygens (including phenoxy) is 1. The van der Waals surface area contributed by atoms with E-state index in [9.17, 15) is 4.79 Å². The number of hydrogen-bond donors (Lipinski definition) is 2. The van der Waals surface area contributed by atoms with Gasteiger partial charge in [0.25, 0.3) is 0 Å². The summed E-state index contributed by atoms with van der Waals surface area (Å²) in [5, 5.41) is 4.92. The number of amides is 1. The minimum atomic E-state index is 0.0407. The van der Waals surface area contributed by atoms with Crippen molar-refractivity contribution in [2.24, 2.45) is 0 Å². The van der Waals surface area contributed by atoms with Gasteiger partial charge in [0.05, 0.1) is 13.5 Å². The van der Waals surface area contributed by atoms with Crippen LogP contribution in [-0.4, -0.2) is 24.5 Å². The summed E-state index contributed by atoms with van der Waals surface area (Å²) in [5.74, 6) is 0.832. The molecule has 140 valence electrons. The Morgan fingerprint density at radius 2 is 2.00 bits per heavy atom. The molecule has 0 radical (unpaired) electrons. The van der Waals surface area contributed by atoms with Crippen molar-refractivity contribution in [3.05, 3.63) is 64.8 Å². The summed E-state index contributed by atoms with van der Waals surface area (Å²) >= 11 is 6.02. The summed E-state index contributed by atoms with van der Waals surface area (Å²) < 4.78 is 5.30. The molecule has 5 heteroatoms. The van der Waals surface area contributed by atoms with Crippen molar-refractivity contribution < 1.29 is 9.53 Å². The summed E-state index contributed by atoms with van der Waals surface area (Å²) in [6, 6.07) is 13.9. The van der Waals surface area contributed by atoms with Crippen molar-refractivity contribution in [1.82, 2.24) is 10.3 Å². The lowest BCUT2D eigenvalue weighted by molar-refractivity contribution is -0.120. The van der Waals surface area contributed by atoms with Crippen molar-refractivity contribution in [3.8, 4) is 5.75 Å². The van der Waals surface area contributed by atoms with Crippen molar-refractivity contribution in [1.29, 1.82) is 0 Å². The van der Waals surface area contributed by atoms with Gasteiger partial charge in [0.1, 0.15) is 5.75 Å². The fourth-order valence-electron chi connectivity index (χ4n) is 3.91. The Labute approximate surface area is 163 Å². The van der Waals surface area contributed by atoms with Gasteiger partial charge in [-0.1, -0.05) is 30.2 Å². The number of aromatic amines is 1. The predicted molar refractivity (Wildman–Crippen MR) is 109 cm³/mol. The second-order valence-electron chi connectivity index (χ2n) is 7.32. The van der Waals surface area contributed by atoms with E-state index in [0.29, 0.717) is 13.0 Å². The number of fused-ring (bicyclic) bond motifs is 1. The fraction of sp³-hybridized carbons (Fsp3) is 0.318. The van der Waals surface area contributed by atoms with Gasteiger partial charge < -0.3 is 15.0 Å². The average molecular weight is 383 g/mol. The van der Waals surface area contributed by atoms with Crippen LogP contribution in [0.15, 0.2) is 48.7 Å². The van der Waals surface area contributed by atoms with Gasteiger partial charge in [-0.3, -0.25) is 4.79 Å². The molecule has 2 aromatic carbocycles. The van der Waals surface area contributed by atoms with E-state index < -0.39 is 0 Å². The van der Waals surface area contributed by atoms with E-state index in [0.717, 1.165) is 40.1 Å². The number of benzene rings is 2. The number of H-pyrrole nitrogens is 1. The SMILES string of the molecule is COc1ccc2[nH]cc(CC(=O)NCC3(c4ccc(Cl)cc4)CCC3)c2c1. The maximum Gasteiger partial charge on any atom is 0.224 e. The molecule has 0 aliphatic heterocycles. The highest BCUT2D eigenvalue weighted by molar-refractivity contribution is 6.30. The number of nitrogens with one attached hydrogen (secondary N) is 2. The zero-order chi connectivity index (χ0) is 18.9. The van der Waals surface area contributed by atoms with Crippen molar-refractivity contribution in [2.45, 2.75) is 31.1 Å². The molecule has 1 fully saturated rings. The van der Waals surface area contributed by atoms with Crippen molar-refractivity contribution >= 4 is 28.4 Å². The van der Waals surface area contributed by atoms with Gasteiger partial charge in [-0.05, 0) is 54.3 Å². The monoisotopic (exact) mass is 382 g/mol. The minimum Gasteiger partial charge on any atom is -0.497 e. The molecule has 1 aromatic heterocycles. The van der Waals surface area contributed by atoms with Gasteiger partial charge in [-0.25, -0.2) is 0 Å². The van der Waals surface area contributed by atoms with Crippen LogP contribution in [0.2, 0.25) is 5.02 Å². The average Bonchev–Trinajstić information content (AvgIpc) is 3.04. The Balaban J connectivity index is 1.44. The molecular formula is C22H23ClN2O2. The van der Waals surface area contributed by atoms with Crippen LogP contribution in [0.25, 0.3) is 10.9 Å². The standard InChI is InChI=1S/C22H23ClN2O2/c1-27-18-7-8-20-19(12-18)15(13-24-20)11-21(26)25-14-22(9-2-10-22)16-3-5-17(23)6-4-16/h3-8,12-13,24H,2,9-11,14H2,1H3,(H,25,26). The molecule has 1 heterocycles. The van der Waals surface area contributed by atoms with E-state index in [2.05, 4.69) is 22.4 Å². The van der Waals surface area contributed by atoms with Gasteiger partial charge in [-0.2, -0.15) is 0 Å². The van der Waals surface area contributed by atoms with Crippen LogP contribution in [0.5, 0.6) is 5.75 Å². The molecule has 0 atom stereocenters. The lowest BCUT2D eigenvalue weighted by Gasteiger charge is -2.42. The molecule has 1 saturated carbocycles. The first kappa shape index (κ1) is 17.9. The number of carbonyl (C=O) groups excluding carboxylic acids is 1. The van der Waals surface area contributed by atoms with Crippen LogP contribution in [0.3, 0.4) is 0 Å². The normalized spacial score (nSPS) is 15.3. The third-order valence-electron chi connectivity index (χ3n) is 5.72. The second-order valence-corrected chi connectivity index (χ2v) is 7.76. The molecule has 0 bridgehead atoms. The molecular weight excluding hydrogens is 360 g/mol. The number of halogens is 1. The Morgan fingerprint density at radius 3 is 2.67 bits per heavy atom. The fourth-order valence-corrected chi connectivity index (χ4v) is 4.03. The Morgan fingerprint density at radius 1 is 1.22 bits per heavy atom. The summed E-state index contributed by atoms with van der Waals surface area (Å²) in [7, 11) is 1.65. The van der Waals surface area contributed by atoms with E-state index in [1.54, 1.807) is 7.11 Å². The molecule has 2 N–H and O–H groups in total. The number of methoxy groups -OCH3 is 1.